The molecule has 1 saturated heterocycles. The fourth-order valence-corrected chi connectivity index (χ4v) is 4.00. The Morgan fingerprint density at radius 3 is 2.45 bits per heavy atom. The molecule has 1 atom stereocenters. The van der Waals surface area contributed by atoms with Crippen molar-refractivity contribution in [2.24, 2.45) is 0 Å². The van der Waals surface area contributed by atoms with Gasteiger partial charge in [-0.3, -0.25) is 9.59 Å². The number of ketones is 1. The predicted molar refractivity (Wildman–Crippen MR) is 119 cm³/mol. The summed E-state index contributed by atoms with van der Waals surface area (Å²) in [5, 5.41) is 11.2. The molecule has 2 aromatic rings. The van der Waals surface area contributed by atoms with Gasteiger partial charge in [0.05, 0.1) is 25.8 Å². The topological polar surface area (TPSA) is 76.1 Å². The molecule has 0 saturated carbocycles. The maximum absolute atomic E-state index is 13.0. The number of aliphatic hydroxyl groups excluding tert-OH is 1. The number of methoxy groups -OCH3 is 2. The molecule has 1 unspecified atom stereocenters. The van der Waals surface area contributed by atoms with Crippen LogP contribution in [-0.4, -0.2) is 42.5 Å². The highest BCUT2D eigenvalue weighted by atomic mass is 16.5. The minimum absolute atomic E-state index is 0.0894. The van der Waals surface area contributed by atoms with E-state index in [4.69, 9.17) is 9.47 Å². The van der Waals surface area contributed by atoms with Crippen molar-refractivity contribution in [2.45, 2.75) is 39.2 Å². The van der Waals surface area contributed by atoms with E-state index in [1.54, 1.807) is 38.5 Å². The lowest BCUT2D eigenvalue weighted by Crippen LogP contribution is -2.30. The molecule has 6 nitrogen and oxygen atoms in total. The number of nitrogens with zero attached hydrogens (tertiary/aromatic N) is 1. The van der Waals surface area contributed by atoms with E-state index < -0.39 is 17.7 Å². The van der Waals surface area contributed by atoms with Crippen LogP contribution in [0.25, 0.3) is 5.76 Å². The number of rotatable bonds is 7. The van der Waals surface area contributed by atoms with Crippen molar-refractivity contribution in [2.75, 3.05) is 20.8 Å². The lowest BCUT2D eigenvalue weighted by atomic mass is 9.93. The number of amides is 1. The summed E-state index contributed by atoms with van der Waals surface area (Å²) in [6.45, 7) is 6.40. The Hall–Kier alpha value is -3.28. The van der Waals surface area contributed by atoms with Gasteiger partial charge in [-0.15, -0.1) is 0 Å². The summed E-state index contributed by atoms with van der Waals surface area (Å²) in [5.41, 5.74) is 2.19. The van der Waals surface area contributed by atoms with Crippen molar-refractivity contribution < 1.29 is 24.2 Å². The van der Waals surface area contributed by atoms with Crippen LogP contribution in [0.3, 0.4) is 0 Å². The van der Waals surface area contributed by atoms with Gasteiger partial charge in [0.2, 0.25) is 0 Å². The van der Waals surface area contributed by atoms with E-state index in [0.717, 1.165) is 5.56 Å². The van der Waals surface area contributed by atoms with Gasteiger partial charge < -0.3 is 19.5 Å². The maximum Gasteiger partial charge on any atom is 0.295 e. The van der Waals surface area contributed by atoms with Crippen LogP contribution in [0.4, 0.5) is 0 Å². The second-order valence-corrected chi connectivity index (χ2v) is 7.88. The number of ether oxygens (including phenoxy) is 2. The number of hydrogen-bond acceptors (Lipinski definition) is 5. The molecule has 0 radical (unpaired) electrons. The van der Waals surface area contributed by atoms with Crippen molar-refractivity contribution in [1.29, 1.82) is 0 Å². The first-order valence-corrected chi connectivity index (χ1v) is 10.4. The second kappa shape index (κ2) is 9.25. The number of likely N-dealkylation sites (tertiary alicyclic amines) is 1. The zero-order valence-corrected chi connectivity index (χ0v) is 18.6. The third kappa shape index (κ3) is 4.15. The zero-order chi connectivity index (χ0) is 22.7. The molecule has 1 heterocycles. The normalized spacial score (nSPS) is 18.0. The van der Waals surface area contributed by atoms with Crippen molar-refractivity contribution in [3.63, 3.8) is 0 Å². The molecule has 3 rings (SSSR count). The van der Waals surface area contributed by atoms with Gasteiger partial charge in [0, 0.05) is 12.1 Å². The number of Topliss-reactive ketones (excluding diaryl/α,β-unsaturated/α-hetero) is 1. The smallest absolute Gasteiger partial charge is 0.295 e. The largest absolute Gasteiger partial charge is 0.507 e. The molecule has 1 amide bonds. The van der Waals surface area contributed by atoms with Crippen molar-refractivity contribution in [3.8, 4) is 11.5 Å². The third-order valence-electron chi connectivity index (χ3n) is 5.54. The highest BCUT2D eigenvalue weighted by molar-refractivity contribution is 6.46. The third-order valence-corrected chi connectivity index (χ3v) is 5.54. The highest BCUT2D eigenvalue weighted by Crippen LogP contribution is 2.41. The van der Waals surface area contributed by atoms with E-state index in [0.29, 0.717) is 35.6 Å². The Morgan fingerprint density at radius 2 is 1.84 bits per heavy atom. The molecular weight excluding hydrogens is 394 g/mol. The van der Waals surface area contributed by atoms with Gasteiger partial charge in [-0.05, 0) is 53.8 Å². The zero-order valence-electron chi connectivity index (χ0n) is 18.6. The number of aliphatic hydroxyl groups is 1. The molecule has 0 spiro atoms. The van der Waals surface area contributed by atoms with Gasteiger partial charge in [0.25, 0.3) is 11.7 Å². The fourth-order valence-electron chi connectivity index (χ4n) is 4.00. The average Bonchev–Trinajstić information content (AvgIpc) is 3.03. The Labute approximate surface area is 183 Å². The van der Waals surface area contributed by atoms with Crippen molar-refractivity contribution in [3.05, 3.63) is 64.7 Å². The summed E-state index contributed by atoms with van der Waals surface area (Å²) in [4.78, 5) is 27.4. The van der Waals surface area contributed by atoms with Gasteiger partial charge in [-0.1, -0.05) is 32.9 Å². The van der Waals surface area contributed by atoms with Crippen LogP contribution in [0, 0.1) is 0 Å². The SMILES string of the molecule is CCCN1C(=O)C(=O)/C(=C(\O)c2ccc(OC)c(C(C)C)c2)C1c1cccc(OC)c1. The first-order chi connectivity index (χ1) is 14.8. The molecule has 2 aromatic carbocycles. The standard InChI is InChI=1S/C25H29NO5/c1-6-12-26-22(16-8-7-9-18(13-16)30-4)21(24(28)25(26)29)23(27)17-10-11-20(31-5)19(14-17)15(2)3/h7-11,13-15,22,27H,6,12H2,1-5H3/b23-21-. The average molecular weight is 424 g/mol. The first-order valence-electron chi connectivity index (χ1n) is 10.4. The monoisotopic (exact) mass is 423 g/mol. The van der Waals surface area contributed by atoms with Crippen LogP contribution in [0.2, 0.25) is 0 Å². The summed E-state index contributed by atoms with van der Waals surface area (Å²) in [6, 6.07) is 11.8. The lowest BCUT2D eigenvalue weighted by Gasteiger charge is -2.25. The van der Waals surface area contributed by atoms with Crippen molar-refractivity contribution in [1.82, 2.24) is 4.90 Å². The number of carbonyl (C=O) groups is 2. The van der Waals surface area contributed by atoms with Crippen LogP contribution in [0.5, 0.6) is 11.5 Å². The highest BCUT2D eigenvalue weighted by Gasteiger charge is 2.45. The predicted octanol–water partition coefficient (Wildman–Crippen LogP) is 4.66. The Morgan fingerprint density at radius 1 is 1.10 bits per heavy atom. The molecule has 1 aliphatic rings. The minimum Gasteiger partial charge on any atom is -0.507 e. The number of hydrogen-bond donors (Lipinski definition) is 1. The second-order valence-electron chi connectivity index (χ2n) is 7.88. The summed E-state index contributed by atoms with van der Waals surface area (Å²) in [6.07, 6.45) is 0.688. The fraction of sp³-hybridized carbons (Fsp3) is 0.360. The number of benzene rings is 2. The maximum atomic E-state index is 13.0. The van der Waals surface area contributed by atoms with E-state index in [2.05, 4.69) is 0 Å². The van der Waals surface area contributed by atoms with Gasteiger partial charge in [-0.25, -0.2) is 0 Å². The van der Waals surface area contributed by atoms with Crippen LogP contribution in [-0.2, 0) is 9.59 Å². The Balaban J connectivity index is 2.21. The van der Waals surface area contributed by atoms with Crippen LogP contribution in [0.15, 0.2) is 48.0 Å². The molecule has 0 aliphatic carbocycles. The van der Waals surface area contributed by atoms with E-state index in [9.17, 15) is 14.7 Å². The van der Waals surface area contributed by atoms with Gasteiger partial charge in [0.15, 0.2) is 0 Å². The van der Waals surface area contributed by atoms with E-state index in [1.165, 1.54) is 4.90 Å². The van der Waals surface area contributed by atoms with E-state index in [-0.39, 0.29) is 17.3 Å². The van der Waals surface area contributed by atoms with Crippen LogP contribution < -0.4 is 9.47 Å². The molecule has 6 heteroatoms. The summed E-state index contributed by atoms with van der Waals surface area (Å²) < 4.78 is 10.8. The molecule has 164 valence electrons. The summed E-state index contributed by atoms with van der Waals surface area (Å²) in [5.74, 6) is 0.0108. The van der Waals surface area contributed by atoms with Gasteiger partial charge in [0.1, 0.15) is 17.3 Å². The molecule has 0 aromatic heterocycles. The first kappa shape index (κ1) is 22.4. The summed E-state index contributed by atoms with van der Waals surface area (Å²) in [7, 11) is 3.16. The lowest BCUT2D eigenvalue weighted by molar-refractivity contribution is -0.139. The van der Waals surface area contributed by atoms with E-state index >= 15 is 0 Å². The van der Waals surface area contributed by atoms with Gasteiger partial charge >= 0.3 is 0 Å². The Bertz CT molecular complexity index is 1020. The van der Waals surface area contributed by atoms with Crippen LogP contribution in [0.1, 0.15) is 55.8 Å². The summed E-state index contributed by atoms with van der Waals surface area (Å²) >= 11 is 0. The Kier molecular flexibility index (Phi) is 6.68. The minimum atomic E-state index is -0.681. The molecule has 1 fully saturated rings. The molecule has 1 aliphatic heterocycles. The van der Waals surface area contributed by atoms with Crippen LogP contribution >= 0.6 is 0 Å². The van der Waals surface area contributed by atoms with E-state index in [1.807, 2.05) is 39.0 Å². The molecule has 1 N–H and O–H groups in total. The quantitative estimate of drug-likeness (QED) is 0.398. The van der Waals surface area contributed by atoms with Crippen molar-refractivity contribution >= 4 is 17.4 Å². The molecule has 0 bridgehead atoms. The molecular formula is C25H29NO5. The van der Waals surface area contributed by atoms with Gasteiger partial charge in [-0.2, -0.15) is 0 Å². The number of carbonyl (C=O) groups excluding carboxylic acids is 2. The molecule has 31 heavy (non-hydrogen) atoms.